The van der Waals surface area contributed by atoms with Crippen LogP contribution in [-0.2, 0) is 19.5 Å². The van der Waals surface area contributed by atoms with Crippen LogP contribution in [0.3, 0.4) is 0 Å². The molecule has 0 bridgehead atoms. The first kappa shape index (κ1) is 12.9. The van der Waals surface area contributed by atoms with Gasteiger partial charge in [-0.25, -0.2) is 4.21 Å². The van der Waals surface area contributed by atoms with Crippen LogP contribution in [0.15, 0.2) is 0 Å². The van der Waals surface area contributed by atoms with Gasteiger partial charge in [0.1, 0.15) is 10.0 Å². The van der Waals surface area contributed by atoms with Crippen LogP contribution in [0.1, 0.15) is 32.6 Å². The molecular weight excluding hydrogens is 212 g/mol. The predicted molar refractivity (Wildman–Crippen MR) is 54.0 cm³/mol. The number of carbonyl (C=O) groups excluding carboxylic acids is 1. The van der Waals surface area contributed by atoms with E-state index in [1.54, 1.807) is 6.92 Å². The zero-order valence-corrected chi connectivity index (χ0v) is 9.33. The Kier molecular flexibility index (Phi) is 8.45. The van der Waals surface area contributed by atoms with E-state index in [1.807, 2.05) is 0 Å². The first-order valence-electron chi connectivity index (χ1n) is 4.37. The molecule has 0 aromatic carbocycles. The van der Waals surface area contributed by atoms with Crippen molar-refractivity contribution in [2.75, 3.05) is 12.4 Å². The Balaban J connectivity index is 3.16. The van der Waals surface area contributed by atoms with Gasteiger partial charge in [-0.15, -0.1) is 0 Å². The molecule has 0 fully saturated rings. The van der Waals surface area contributed by atoms with Gasteiger partial charge in [-0.2, -0.15) is 0 Å². The second-order valence-corrected chi connectivity index (χ2v) is 4.63. The van der Waals surface area contributed by atoms with E-state index in [9.17, 15) is 9.00 Å². The van der Waals surface area contributed by atoms with Gasteiger partial charge in [-0.3, -0.25) is 4.79 Å². The Hall–Kier alpha value is -0.0900. The van der Waals surface area contributed by atoms with E-state index >= 15 is 0 Å². The monoisotopic (exact) mass is 226 g/mol. The Morgan fingerprint density at radius 1 is 1.38 bits per heavy atom. The molecule has 0 aliphatic carbocycles. The lowest BCUT2D eigenvalue weighted by molar-refractivity contribution is -0.143. The third kappa shape index (κ3) is 9.83. The van der Waals surface area contributed by atoms with Crippen LogP contribution in [0.2, 0.25) is 0 Å². The molecule has 0 amide bonds. The summed E-state index contributed by atoms with van der Waals surface area (Å²) < 4.78 is 15.2. The lowest BCUT2D eigenvalue weighted by Gasteiger charge is -2.00. The first-order chi connectivity index (χ1) is 6.16. The number of carbonyl (C=O) groups is 1. The summed E-state index contributed by atoms with van der Waals surface area (Å²) in [5.41, 5.74) is 0. The molecular formula is C8H15ClO3S. The van der Waals surface area contributed by atoms with Crippen LogP contribution in [0.25, 0.3) is 0 Å². The smallest absolute Gasteiger partial charge is 0.305 e. The molecule has 5 heteroatoms. The maximum Gasteiger partial charge on any atom is 0.305 e. The summed E-state index contributed by atoms with van der Waals surface area (Å²) >= 11 is 0. The second kappa shape index (κ2) is 8.51. The van der Waals surface area contributed by atoms with Gasteiger partial charge in [0, 0.05) is 12.2 Å². The molecule has 0 aromatic rings. The molecule has 0 radical (unpaired) electrons. The Morgan fingerprint density at radius 2 is 2.08 bits per heavy atom. The Labute approximate surface area is 85.8 Å². The number of ether oxygens (including phenoxy) is 1. The molecule has 3 nitrogen and oxygen atoms in total. The standard InChI is InChI=1S/C8H15ClO3S/c1-2-12-8(10)6-4-3-5-7-13(9)11/h2-7H2,1H3. The maximum atomic E-state index is 10.8. The highest BCUT2D eigenvalue weighted by Crippen LogP contribution is 2.03. The SMILES string of the molecule is CCOC(=O)CCCCCS(=O)Cl. The Bertz CT molecular complexity index is 173. The normalized spacial score (nSPS) is 12.5. The predicted octanol–water partition coefficient (Wildman–Crippen LogP) is 2.01. The third-order valence-corrected chi connectivity index (χ3v) is 2.56. The van der Waals surface area contributed by atoms with Gasteiger partial charge in [0.25, 0.3) is 0 Å². The van der Waals surface area contributed by atoms with Gasteiger partial charge in [0.05, 0.1) is 6.61 Å². The molecule has 1 atom stereocenters. The number of halogens is 1. The average molecular weight is 227 g/mol. The van der Waals surface area contributed by atoms with Crippen molar-refractivity contribution in [3.8, 4) is 0 Å². The van der Waals surface area contributed by atoms with Gasteiger partial charge >= 0.3 is 5.97 Å². The fourth-order valence-electron chi connectivity index (χ4n) is 0.895. The van der Waals surface area contributed by atoms with E-state index in [4.69, 9.17) is 15.4 Å². The summed E-state index contributed by atoms with van der Waals surface area (Å²) in [6.07, 6.45) is 2.91. The minimum atomic E-state index is -1.23. The maximum absolute atomic E-state index is 10.8. The Morgan fingerprint density at radius 3 is 2.62 bits per heavy atom. The van der Waals surface area contributed by atoms with Crippen LogP contribution >= 0.6 is 10.7 Å². The van der Waals surface area contributed by atoms with Crippen LogP contribution < -0.4 is 0 Å². The minimum absolute atomic E-state index is 0.158. The molecule has 1 unspecified atom stereocenters. The molecule has 0 saturated carbocycles. The van der Waals surface area contributed by atoms with Crippen molar-refractivity contribution in [1.29, 1.82) is 0 Å². The van der Waals surface area contributed by atoms with Gasteiger partial charge in [-0.1, -0.05) is 6.42 Å². The van der Waals surface area contributed by atoms with Crippen LogP contribution in [0.5, 0.6) is 0 Å². The van der Waals surface area contributed by atoms with Gasteiger partial charge in [0.2, 0.25) is 0 Å². The summed E-state index contributed by atoms with van der Waals surface area (Å²) in [5.74, 6) is 0.346. The quantitative estimate of drug-likeness (QED) is 0.379. The lowest BCUT2D eigenvalue weighted by atomic mass is 10.2. The van der Waals surface area contributed by atoms with Gasteiger partial charge in [0.15, 0.2) is 0 Å². The van der Waals surface area contributed by atoms with E-state index in [0.29, 0.717) is 18.8 Å². The molecule has 0 heterocycles. The zero-order chi connectivity index (χ0) is 10.1. The molecule has 0 N–H and O–H groups in total. The zero-order valence-electron chi connectivity index (χ0n) is 7.75. The highest BCUT2D eigenvalue weighted by Gasteiger charge is 2.01. The van der Waals surface area contributed by atoms with Crippen molar-refractivity contribution in [2.24, 2.45) is 0 Å². The fraction of sp³-hybridized carbons (Fsp3) is 0.875. The number of hydrogen-bond donors (Lipinski definition) is 0. The minimum Gasteiger partial charge on any atom is -0.466 e. The third-order valence-electron chi connectivity index (χ3n) is 1.49. The van der Waals surface area contributed by atoms with Crippen molar-refractivity contribution in [3.05, 3.63) is 0 Å². The fourth-order valence-corrected chi connectivity index (χ4v) is 1.65. The van der Waals surface area contributed by atoms with Crippen molar-refractivity contribution >= 4 is 26.7 Å². The molecule has 78 valence electrons. The summed E-state index contributed by atoms with van der Waals surface area (Å²) in [5, 5.41) is 0. The molecule has 0 aliphatic heterocycles. The van der Waals surface area contributed by atoms with Gasteiger partial charge in [-0.05, 0) is 30.4 Å². The number of esters is 1. The van der Waals surface area contributed by atoms with Crippen LogP contribution in [-0.4, -0.2) is 22.5 Å². The van der Waals surface area contributed by atoms with Crippen LogP contribution in [0.4, 0.5) is 0 Å². The highest BCUT2D eigenvalue weighted by atomic mass is 35.7. The summed E-state index contributed by atoms with van der Waals surface area (Å²) in [7, 11) is 4.02. The van der Waals surface area contributed by atoms with E-state index in [1.165, 1.54) is 0 Å². The van der Waals surface area contributed by atoms with E-state index in [-0.39, 0.29) is 5.97 Å². The van der Waals surface area contributed by atoms with E-state index < -0.39 is 10.0 Å². The summed E-state index contributed by atoms with van der Waals surface area (Å²) in [6, 6.07) is 0. The molecule has 13 heavy (non-hydrogen) atoms. The lowest BCUT2D eigenvalue weighted by Crippen LogP contribution is -2.03. The van der Waals surface area contributed by atoms with Crippen molar-refractivity contribution < 1.29 is 13.7 Å². The van der Waals surface area contributed by atoms with E-state index in [2.05, 4.69) is 0 Å². The van der Waals surface area contributed by atoms with Gasteiger partial charge < -0.3 is 4.74 Å². The molecule has 0 spiro atoms. The number of rotatable bonds is 7. The van der Waals surface area contributed by atoms with Crippen molar-refractivity contribution in [3.63, 3.8) is 0 Å². The van der Waals surface area contributed by atoms with Crippen LogP contribution in [0, 0.1) is 0 Å². The van der Waals surface area contributed by atoms with E-state index in [0.717, 1.165) is 19.3 Å². The number of unbranched alkanes of at least 4 members (excludes halogenated alkanes) is 2. The molecule has 0 aromatic heterocycles. The summed E-state index contributed by atoms with van der Waals surface area (Å²) in [4.78, 5) is 10.8. The number of hydrogen-bond acceptors (Lipinski definition) is 3. The first-order valence-corrected chi connectivity index (χ1v) is 6.51. The highest BCUT2D eigenvalue weighted by molar-refractivity contribution is 8.08. The molecule has 0 aliphatic rings. The average Bonchev–Trinajstić information content (AvgIpc) is 2.03. The molecule has 0 saturated heterocycles. The summed E-state index contributed by atoms with van der Waals surface area (Å²) in [6.45, 7) is 2.22. The second-order valence-electron chi connectivity index (χ2n) is 2.61. The van der Waals surface area contributed by atoms with Crippen molar-refractivity contribution in [2.45, 2.75) is 32.6 Å². The topological polar surface area (TPSA) is 43.4 Å². The molecule has 0 rings (SSSR count). The van der Waals surface area contributed by atoms with Crippen molar-refractivity contribution in [1.82, 2.24) is 0 Å². The largest absolute Gasteiger partial charge is 0.466 e.